The van der Waals surface area contributed by atoms with Gasteiger partial charge in [0.2, 0.25) is 5.91 Å². The normalized spacial score (nSPS) is 20.9. The molecule has 2 aliphatic rings. The Hall–Kier alpha value is -2.06. The van der Waals surface area contributed by atoms with Crippen LogP contribution in [0.2, 0.25) is 5.02 Å². The second kappa shape index (κ2) is 12.0. The molecule has 0 bridgehead atoms. The van der Waals surface area contributed by atoms with Crippen LogP contribution in [0.25, 0.3) is 0 Å². The molecule has 2 atom stereocenters. The molecule has 0 saturated carbocycles. The fourth-order valence-electron chi connectivity index (χ4n) is 4.59. The first kappa shape index (κ1) is 27.0. The van der Waals surface area contributed by atoms with Crippen molar-refractivity contribution in [3.63, 3.8) is 0 Å². The largest absolute Gasteiger partial charge is 0.379 e. The van der Waals surface area contributed by atoms with Crippen LogP contribution in [0.15, 0.2) is 48.5 Å². The van der Waals surface area contributed by atoms with Crippen LogP contribution in [0.1, 0.15) is 54.1 Å². The second-order valence-corrected chi connectivity index (χ2v) is 11.9. The predicted molar refractivity (Wildman–Crippen MR) is 147 cm³/mol. The molecule has 8 heteroatoms. The fraction of sp³-hybridized carbons (Fsp3) is 0.500. The van der Waals surface area contributed by atoms with Crippen molar-refractivity contribution in [3.8, 4) is 0 Å². The lowest BCUT2D eigenvalue weighted by Crippen LogP contribution is -2.48. The molecule has 4 rings (SSSR count). The summed E-state index contributed by atoms with van der Waals surface area (Å²) in [4.78, 5) is 31.1. The highest BCUT2D eigenvalue weighted by atomic mass is 35.5. The summed E-state index contributed by atoms with van der Waals surface area (Å²) in [5.41, 5.74) is 2.70. The van der Waals surface area contributed by atoms with Crippen LogP contribution >= 0.6 is 23.4 Å². The molecule has 2 aromatic carbocycles. The van der Waals surface area contributed by atoms with Crippen LogP contribution in [0.3, 0.4) is 0 Å². The summed E-state index contributed by atoms with van der Waals surface area (Å²) >= 11 is 8.02. The number of amides is 2. The Labute approximate surface area is 223 Å². The van der Waals surface area contributed by atoms with Crippen LogP contribution in [-0.4, -0.2) is 72.8 Å². The number of halogens is 1. The van der Waals surface area contributed by atoms with Crippen molar-refractivity contribution in [1.82, 2.24) is 15.1 Å². The van der Waals surface area contributed by atoms with E-state index in [0.29, 0.717) is 22.9 Å². The molecular formula is C28H36ClN3O3S. The quantitative estimate of drug-likeness (QED) is 0.525. The van der Waals surface area contributed by atoms with Crippen molar-refractivity contribution < 1.29 is 14.3 Å². The minimum absolute atomic E-state index is 0.0397. The number of nitrogens with zero attached hydrogens (tertiary/aromatic N) is 2. The Morgan fingerprint density at radius 1 is 1.08 bits per heavy atom. The molecule has 2 saturated heterocycles. The SMILES string of the molecule is CC(C)(C)c1ccc(C2SCC(C(=O)NCCCN3CCOCC3)N2C(=O)c2ccccc2Cl)cc1. The first-order chi connectivity index (χ1) is 17.3. The van der Waals surface area contributed by atoms with Gasteiger partial charge in [-0.25, -0.2) is 0 Å². The highest BCUT2D eigenvalue weighted by Gasteiger charge is 2.43. The van der Waals surface area contributed by atoms with Gasteiger partial charge in [0.15, 0.2) is 0 Å². The van der Waals surface area contributed by atoms with E-state index in [9.17, 15) is 9.59 Å². The summed E-state index contributed by atoms with van der Waals surface area (Å²) in [5, 5.41) is 3.22. The van der Waals surface area contributed by atoms with Gasteiger partial charge >= 0.3 is 0 Å². The number of thioether (sulfide) groups is 1. The number of rotatable bonds is 7. The molecule has 0 aliphatic carbocycles. The summed E-state index contributed by atoms with van der Waals surface area (Å²) in [6.45, 7) is 11.4. The molecule has 0 radical (unpaired) electrons. The third kappa shape index (κ3) is 6.43. The van der Waals surface area contributed by atoms with Crippen molar-refractivity contribution in [3.05, 3.63) is 70.2 Å². The minimum atomic E-state index is -0.561. The van der Waals surface area contributed by atoms with Crippen LogP contribution in [-0.2, 0) is 14.9 Å². The highest BCUT2D eigenvalue weighted by Crippen LogP contribution is 2.43. The van der Waals surface area contributed by atoms with Gasteiger partial charge in [-0.3, -0.25) is 14.5 Å². The molecule has 2 aliphatic heterocycles. The van der Waals surface area contributed by atoms with E-state index in [0.717, 1.165) is 44.8 Å². The maximum atomic E-state index is 13.8. The number of benzene rings is 2. The van der Waals surface area contributed by atoms with Crippen molar-refractivity contribution in [2.24, 2.45) is 0 Å². The number of carbonyl (C=O) groups is 2. The van der Waals surface area contributed by atoms with Crippen molar-refractivity contribution in [2.75, 3.05) is 45.1 Å². The highest BCUT2D eigenvalue weighted by molar-refractivity contribution is 7.99. The van der Waals surface area contributed by atoms with Gasteiger partial charge in [-0.2, -0.15) is 0 Å². The van der Waals surface area contributed by atoms with Gasteiger partial charge in [0, 0.05) is 25.4 Å². The molecular weight excluding hydrogens is 494 g/mol. The topological polar surface area (TPSA) is 61.9 Å². The monoisotopic (exact) mass is 529 g/mol. The first-order valence-electron chi connectivity index (χ1n) is 12.6. The lowest BCUT2D eigenvalue weighted by atomic mass is 9.86. The third-order valence-electron chi connectivity index (χ3n) is 6.76. The summed E-state index contributed by atoms with van der Waals surface area (Å²) in [6, 6.07) is 14.9. The van der Waals surface area contributed by atoms with Gasteiger partial charge in [-0.15, -0.1) is 11.8 Å². The van der Waals surface area contributed by atoms with E-state index in [1.165, 1.54) is 5.56 Å². The maximum absolute atomic E-state index is 13.8. The average Bonchev–Trinajstić information content (AvgIpc) is 3.32. The second-order valence-electron chi connectivity index (χ2n) is 10.4. The molecule has 0 aromatic heterocycles. The molecule has 194 valence electrons. The standard InChI is InChI=1S/C28H36ClN3O3S/c1-28(2,3)21-11-9-20(10-12-21)27-32(26(34)22-7-4-5-8-23(22)29)24(19-36-27)25(33)30-13-6-14-31-15-17-35-18-16-31/h4-5,7-12,24,27H,6,13-19H2,1-3H3,(H,30,33). The van der Waals surface area contributed by atoms with E-state index in [-0.39, 0.29) is 22.6 Å². The first-order valence-corrected chi connectivity index (χ1v) is 14.1. The van der Waals surface area contributed by atoms with Crippen molar-refractivity contribution in [1.29, 1.82) is 0 Å². The summed E-state index contributed by atoms with van der Waals surface area (Å²) in [6.07, 6.45) is 0.863. The van der Waals surface area contributed by atoms with E-state index in [2.05, 4.69) is 55.3 Å². The van der Waals surface area contributed by atoms with Gasteiger partial charge < -0.3 is 15.0 Å². The molecule has 6 nitrogen and oxygen atoms in total. The molecule has 2 unspecified atom stereocenters. The molecule has 2 aromatic rings. The number of morpholine rings is 1. The van der Waals surface area contributed by atoms with Gasteiger partial charge in [0.25, 0.3) is 5.91 Å². The number of nitrogens with one attached hydrogen (secondary N) is 1. The molecule has 2 fully saturated rings. The molecule has 2 heterocycles. The van der Waals surface area contributed by atoms with Crippen molar-refractivity contribution in [2.45, 2.75) is 44.0 Å². The van der Waals surface area contributed by atoms with Crippen LogP contribution in [0.4, 0.5) is 0 Å². The van der Waals surface area contributed by atoms with Crippen LogP contribution < -0.4 is 5.32 Å². The smallest absolute Gasteiger partial charge is 0.257 e. The molecule has 36 heavy (non-hydrogen) atoms. The third-order valence-corrected chi connectivity index (χ3v) is 8.41. The van der Waals surface area contributed by atoms with E-state index < -0.39 is 6.04 Å². The summed E-state index contributed by atoms with van der Waals surface area (Å²) < 4.78 is 5.40. The average molecular weight is 530 g/mol. The summed E-state index contributed by atoms with van der Waals surface area (Å²) in [7, 11) is 0. The number of ether oxygens (including phenoxy) is 1. The van der Waals surface area contributed by atoms with E-state index >= 15 is 0 Å². The lowest BCUT2D eigenvalue weighted by molar-refractivity contribution is -0.124. The van der Waals surface area contributed by atoms with Gasteiger partial charge in [-0.05, 0) is 41.6 Å². The zero-order valence-corrected chi connectivity index (χ0v) is 22.9. The Balaban J connectivity index is 1.49. The number of carbonyl (C=O) groups excluding carboxylic acids is 2. The van der Waals surface area contributed by atoms with Gasteiger partial charge in [-0.1, -0.05) is 68.8 Å². The zero-order valence-electron chi connectivity index (χ0n) is 21.3. The van der Waals surface area contributed by atoms with Crippen LogP contribution in [0.5, 0.6) is 0 Å². The lowest BCUT2D eigenvalue weighted by Gasteiger charge is -2.30. The molecule has 2 amide bonds. The van der Waals surface area contributed by atoms with Gasteiger partial charge in [0.05, 0.1) is 23.8 Å². The zero-order chi connectivity index (χ0) is 25.7. The minimum Gasteiger partial charge on any atom is -0.379 e. The Bertz CT molecular complexity index is 1050. The van der Waals surface area contributed by atoms with Gasteiger partial charge in [0.1, 0.15) is 11.4 Å². The van der Waals surface area contributed by atoms with E-state index in [4.69, 9.17) is 16.3 Å². The predicted octanol–water partition coefficient (Wildman–Crippen LogP) is 4.73. The number of hydrogen-bond acceptors (Lipinski definition) is 5. The molecule has 0 spiro atoms. The van der Waals surface area contributed by atoms with Crippen molar-refractivity contribution >= 4 is 35.2 Å². The summed E-state index contributed by atoms with van der Waals surface area (Å²) in [5.74, 6) is 0.208. The van der Waals surface area contributed by atoms with E-state index in [1.807, 2.05) is 0 Å². The fourth-order valence-corrected chi connectivity index (χ4v) is 6.24. The molecule has 1 N–H and O–H groups in total. The van der Waals surface area contributed by atoms with Crippen LogP contribution in [0, 0.1) is 0 Å². The maximum Gasteiger partial charge on any atom is 0.257 e. The Kier molecular flexibility index (Phi) is 8.99. The van der Waals surface area contributed by atoms with E-state index in [1.54, 1.807) is 40.9 Å². The Morgan fingerprint density at radius 3 is 2.44 bits per heavy atom. The Morgan fingerprint density at radius 2 is 1.78 bits per heavy atom. The number of hydrogen-bond donors (Lipinski definition) is 1.